The van der Waals surface area contributed by atoms with Crippen molar-refractivity contribution in [1.29, 1.82) is 0 Å². The van der Waals surface area contributed by atoms with Crippen LogP contribution in [0.4, 0.5) is 5.82 Å². The summed E-state index contributed by atoms with van der Waals surface area (Å²) >= 11 is 3.46. The predicted molar refractivity (Wildman–Crippen MR) is 65.3 cm³/mol. The molecule has 0 spiro atoms. The Bertz CT molecular complexity index is 320. The highest BCUT2D eigenvalue weighted by molar-refractivity contribution is 9.10. The summed E-state index contributed by atoms with van der Waals surface area (Å²) < 4.78 is 11.0. The molecule has 1 N–H and O–H groups in total. The summed E-state index contributed by atoms with van der Waals surface area (Å²) in [6.07, 6.45) is 0. The van der Waals surface area contributed by atoms with E-state index in [1.165, 1.54) is 0 Å². The fraction of sp³-hybridized carbons (Fsp3) is 0.600. The van der Waals surface area contributed by atoms with Crippen LogP contribution in [0, 0.1) is 0 Å². The van der Waals surface area contributed by atoms with E-state index in [1.807, 2.05) is 6.92 Å². The van der Waals surface area contributed by atoms with Crippen LogP contribution < -0.4 is 5.32 Å². The van der Waals surface area contributed by atoms with Crippen LogP contribution in [0.3, 0.4) is 0 Å². The fourth-order valence-electron chi connectivity index (χ4n) is 1.26. The van der Waals surface area contributed by atoms with Gasteiger partial charge in [-0.2, -0.15) is 0 Å². The van der Waals surface area contributed by atoms with Gasteiger partial charge in [-0.3, -0.25) is 0 Å². The van der Waals surface area contributed by atoms with E-state index < -0.39 is 0 Å². The van der Waals surface area contributed by atoms with Crippen molar-refractivity contribution in [2.24, 2.45) is 0 Å². The van der Waals surface area contributed by atoms with Crippen molar-refractivity contribution in [1.82, 2.24) is 9.97 Å². The number of halogens is 1. The third kappa shape index (κ3) is 3.40. The summed E-state index contributed by atoms with van der Waals surface area (Å²) in [4.78, 5) is 8.69. The van der Waals surface area contributed by atoms with E-state index in [0.717, 1.165) is 22.5 Å². The molecule has 0 bridgehead atoms. The lowest BCUT2D eigenvalue weighted by molar-refractivity contribution is 0.170. The standard InChI is InChI=1S/C10H16BrN3O2/c1-4-12-10-9(11)7(5-15-2)13-8(14-10)6-16-3/h4-6H2,1-3H3,(H,12,13,14). The summed E-state index contributed by atoms with van der Waals surface area (Å²) in [5, 5.41) is 3.16. The monoisotopic (exact) mass is 289 g/mol. The number of anilines is 1. The molecule has 90 valence electrons. The van der Waals surface area contributed by atoms with E-state index >= 15 is 0 Å². The molecule has 1 aromatic heterocycles. The van der Waals surface area contributed by atoms with Crippen molar-refractivity contribution in [3.8, 4) is 0 Å². The molecule has 1 rings (SSSR count). The largest absolute Gasteiger partial charge is 0.378 e. The van der Waals surface area contributed by atoms with Crippen molar-refractivity contribution in [3.05, 3.63) is 16.0 Å². The molecule has 0 amide bonds. The maximum Gasteiger partial charge on any atom is 0.156 e. The van der Waals surface area contributed by atoms with Gasteiger partial charge in [0.25, 0.3) is 0 Å². The Morgan fingerprint density at radius 3 is 2.44 bits per heavy atom. The minimum atomic E-state index is 0.391. The normalized spacial score (nSPS) is 10.5. The molecule has 0 radical (unpaired) electrons. The quantitative estimate of drug-likeness (QED) is 0.868. The van der Waals surface area contributed by atoms with Gasteiger partial charge in [-0.1, -0.05) is 0 Å². The van der Waals surface area contributed by atoms with Gasteiger partial charge < -0.3 is 14.8 Å². The van der Waals surface area contributed by atoms with Gasteiger partial charge in [0.1, 0.15) is 12.4 Å². The van der Waals surface area contributed by atoms with Gasteiger partial charge >= 0.3 is 0 Å². The first-order chi connectivity index (χ1) is 7.72. The summed E-state index contributed by atoms with van der Waals surface area (Å²) in [5.74, 6) is 1.42. The molecule has 1 aromatic rings. The van der Waals surface area contributed by atoms with Gasteiger partial charge in [-0.05, 0) is 22.9 Å². The summed E-state index contributed by atoms with van der Waals surface area (Å²) in [6.45, 7) is 3.65. The van der Waals surface area contributed by atoms with Crippen LogP contribution in [-0.4, -0.2) is 30.7 Å². The molecule has 1 heterocycles. The molecular weight excluding hydrogens is 274 g/mol. The molecule has 0 aromatic carbocycles. The van der Waals surface area contributed by atoms with E-state index in [4.69, 9.17) is 9.47 Å². The average Bonchev–Trinajstić information content (AvgIpc) is 2.26. The van der Waals surface area contributed by atoms with Crippen LogP contribution >= 0.6 is 15.9 Å². The van der Waals surface area contributed by atoms with E-state index in [9.17, 15) is 0 Å². The fourth-order valence-corrected chi connectivity index (χ4v) is 1.69. The lowest BCUT2D eigenvalue weighted by Crippen LogP contribution is -2.09. The van der Waals surface area contributed by atoms with Crippen molar-refractivity contribution in [2.45, 2.75) is 20.1 Å². The van der Waals surface area contributed by atoms with Gasteiger partial charge in [0, 0.05) is 20.8 Å². The number of rotatable bonds is 6. The molecule has 0 aliphatic heterocycles. The number of aromatic nitrogens is 2. The lowest BCUT2D eigenvalue weighted by atomic mass is 10.4. The van der Waals surface area contributed by atoms with Gasteiger partial charge in [0.2, 0.25) is 0 Å². The van der Waals surface area contributed by atoms with E-state index in [-0.39, 0.29) is 0 Å². The highest BCUT2D eigenvalue weighted by Crippen LogP contribution is 2.24. The Morgan fingerprint density at radius 1 is 1.19 bits per heavy atom. The Kier molecular flexibility index (Phi) is 5.65. The van der Waals surface area contributed by atoms with E-state index in [2.05, 4.69) is 31.2 Å². The van der Waals surface area contributed by atoms with Gasteiger partial charge in [-0.15, -0.1) is 0 Å². The second kappa shape index (κ2) is 6.78. The first kappa shape index (κ1) is 13.3. The van der Waals surface area contributed by atoms with Gasteiger partial charge in [0.05, 0.1) is 16.8 Å². The minimum absolute atomic E-state index is 0.391. The number of methoxy groups -OCH3 is 2. The molecule has 0 atom stereocenters. The first-order valence-electron chi connectivity index (χ1n) is 5.00. The molecule has 0 fully saturated rings. The van der Waals surface area contributed by atoms with Crippen LogP contribution in [0.5, 0.6) is 0 Å². The second-order valence-electron chi connectivity index (χ2n) is 3.15. The van der Waals surface area contributed by atoms with E-state index in [1.54, 1.807) is 14.2 Å². The zero-order chi connectivity index (χ0) is 12.0. The van der Waals surface area contributed by atoms with Crippen molar-refractivity contribution < 1.29 is 9.47 Å². The smallest absolute Gasteiger partial charge is 0.156 e. The summed E-state index contributed by atoms with van der Waals surface area (Å²) in [6, 6.07) is 0. The Morgan fingerprint density at radius 2 is 1.88 bits per heavy atom. The van der Waals surface area contributed by atoms with Gasteiger partial charge in [-0.25, -0.2) is 9.97 Å². The molecule has 0 saturated carbocycles. The third-order valence-electron chi connectivity index (χ3n) is 1.86. The Labute approximate surface area is 104 Å². The highest BCUT2D eigenvalue weighted by Gasteiger charge is 2.11. The summed E-state index contributed by atoms with van der Waals surface area (Å²) in [5.41, 5.74) is 0.820. The van der Waals surface area contributed by atoms with E-state index in [0.29, 0.717) is 19.0 Å². The number of hydrogen-bond donors (Lipinski definition) is 1. The maximum atomic E-state index is 5.09. The van der Waals surface area contributed by atoms with Crippen LogP contribution in [0.1, 0.15) is 18.4 Å². The van der Waals surface area contributed by atoms with Crippen LogP contribution in [0.15, 0.2) is 4.47 Å². The second-order valence-corrected chi connectivity index (χ2v) is 3.94. The summed E-state index contributed by atoms with van der Waals surface area (Å²) in [7, 11) is 3.26. The average molecular weight is 290 g/mol. The molecule has 6 heteroatoms. The molecule has 0 aliphatic rings. The molecular formula is C10H16BrN3O2. The molecule has 5 nitrogen and oxygen atoms in total. The first-order valence-corrected chi connectivity index (χ1v) is 5.79. The Hall–Kier alpha value is -0.720. The lowest BCUT2D eigenvalue weighted by Gasteiger charge is -2.11. The third-order valence-corrected chi connectivity index (χ3v) is 2.70. The van der Waals surface area contributed by atoms with Crippen molar-refractivity contribution in [2.75, 3.05) is 26.1 Å². The number of nitrogens with one attached hydrogen (secondary N) is 1. The molecule has 0 aliphatic carbocycles. The number of hydrogen-bond acceptors (Lipinski definition) is 5. The van der Waals surface area contributed by atoms with Crippen LogP contribution in [-0.2, 0) is 22.7 Å². The minimum Gasteiger partial charge on any atom is -0.378 e. The number of ether oxygens (including phenoxy) is 2. The zero-order valence-electron chi connectivity index (χ0n) is 9.71. The molecule has 0 saturated heterocycles. The molecule has 0 unspecified atom stereocenters. The number of nitrogens with zero attached hydrogens (tertiary/aromatic N) is 2. The predicted octanol–water partition coefficient (Wildman–Crippen LogP) is 1.96. The SMILES string of the molecule is CCNc1nc(COC)nc(COC)c1Br. The zero-order valence-corrected chi connectivity index (χ0v) is 11.3. The maximum absolute atomic E-state index is 5.09. The van der Waals surface area contributed by atoms with Crippen LogP contribution in [0.25, 0.3) is 0 Å². The van der Waals surface area contributed by atoms with Crippen LogP contribution in [0.2, 0.25) is 0 Å². The Balaban J connectivity index is 3.05. The molecule has 16 heavy (non-hydrogen) atoms. The van der Waals surface area contributed by atoms with Crippen molar-refractivity contribution >= 4 is 21.7 Å². The van der Waals surface area contributed by atoms with Crippen molar-refractivity contribution in [3.63, 3.8) is 0 Å². The topological polar surface area (TPSA) is 56.3 Å². The van der Waals surface area contributed by atoms with Gasteiger partial charge in [0.15, 0.2) is 5.82 Å². The highest BCUT2D eigenvalue weighted by atomic mass is 79.9.